The molecule has 0 aliphatic rings. The molecule has 8 heteroatoms. The summed E-state index contributed by atoms with van der Waals surface area (Å²) in [5.41, 5.74) is -0.260. The summed E-state index contributed by atoms with van der Waals surface area (Å²) in [7, 11) is 0. The smallest absolute Gasteiger partial charge is 0.231 e. The third kappa shape index (κ3) is 4.48. The van der Waals surface area contributed by atoms with Crippen LogP contribution in [-0.2, 0) is 10.5 Å². The number of nitrogens with one attached hydrogen (secondary N) is 1. The second kappa shape index (κ2) is 6.70. The molecule has 0 spiro atoms. The van der Waals surface area contributed by atoms with Gasteiger partial charge in [0.15, 0.2) is 4.34 Å². The number of anilines is 1. The van der Waals surface area contributed by atoms with E-state index in [1.807, 2.05) is 0 Å². The van der Waals surface area contributed by atoms with E-state index in [1.165, 1.54) is 23.1 Å². The van der Waals surface area contributed by atoms with Gasteiger partial charge in [-0.3, -0.25) is 4.79 Å². The highest BCUT2D eigenvalue weighted by atomic mass is 32.2. The van der Waals surface area contributed by atoms with E-state index in [9.17, 15) is 13.6 Å². The Bertz CT molecular complexity index is 683. The lowest BCUT2D eigenvalue weighted by Crippen LogP contribution is -2.27. The molecule has 0 bridgehead atoms. The lowest BCUT2D eigenvalue weighted by molar-refractivity contribution is -0.123. The molecule has 0 aliphatic heterocycles. The van der Waals surface area contributed by atoms with Crippen molar-refractivity contribution in [2.45, 2.75) is 30.9 Å². The van der Waals surface area contributed by atoms with Gasteiger partial charge in [-0.05, 0) is 18.2 Å². The Morgan fingerprint density at radius 3 is 2.73 bits per heavy atom. The van der Waals surface area contributed by atoms with Gasteiger partial charge in [0.25, 0.3) is 0 Å². The number of carbonyl (C=O) groups excluding carboxylic acids is 1. The summed E-state index contributed by atoms with van der Waals surface area (Å²) in [5, 5.41) is 10.9. The Morgan fingerprint density at radius 1 is 1.32 bits per heavy atom. The quantitative estimate of drug-likeness (QED) is 0.671. The summed E-state index contributed by atoms with van der Waals surface area (Å²) in [6.07, 6.45) is 0. The van der Waals surface area contributed by atoms with Crippen LogP contribution in [0.4, 0.5) is 13.9 Å². The standard InChI is InChI=1S/C14H15F2N3OS2/c1-14(2,3)11(20)17-12-18-19-13(22-12)21-7-8-6-9(15)4-5-10(8)16/h4-6H,7H2,1-3H3,(H,17,18,20). The number of amides is 1. The SMILES string of the molecule is CC(C)(C)C(=O)Nc1nnc(SCc2cc(F)ccc2F)s1. The molecule has 1 aromatic carbocycles. The van der Waals surface area contributed by atoms with Crippen molar-refractivity contribution in [3.8, 4) is 0 Å². The lowest BCUT2D eigenvalue weighted by atomic mass is 9.96. The zero-order valence-electron chi connectivity index (χ0n) is 12.3. The van der Waals surface area contributed by atoms with Crippen molar-refractivity contribution in [3.05, 3.63) is 35.4 Å². The molecule has 0 radical (unpaired) electrons. The van der Waals surface area contributed by atoms with Gasteiger partial charge in [-0.25, -0.2) is 8.78 Å². The highest BCUT2D eigenvalue weighted by Crippen LogP contribution is 2.30. The van der Waals surface area contributed by atoms with E-state index in [0.717, 1.165) is 18.2 Å². The molecule has 0 atom stereocenters. The van der Waals surface area contributed by atoms with Gasteiger partial charge in [0.2, 0.25) is 11.0 Å². The van der Waals surface area contributed by atoms with Crippen molar-refractivity contribution in [2.24, 2.45) is 5.41 Å². The Labute approximate surface area is 135 Å². The van der Waals surface area contributed by atoms with E-state index in [2.05, 4.69) is 15.5 Å². The van der Waals surface area contributed by atoms with Crippen molar-refractivity contribution in [1.82, 2.24) is 10.2 Å². The van der Waals surface area contributed by atoms with Crippen molar-refractivity contribution in [2.75, 3.05) is 5.32 Å². The Hall–Kier alpha value is -1.54. The molecule has 1 N–H and O–H groups in total. The van der Waals surface area contributed by atoms with E-state index >= 15 is 0 Å². The molecule has 1 aromatic heterocycles. The van der Waals surface area contributed by atoms with Crippen LogP contribution in [0.1, 0.15) is 26.3 Å². The van der Waals surface area contributed by atoms with Gasteiger partial charge in [-0.1, -0.05) is 43.9 Å². The van der Waals surface area contributed by atoms with Crippen LogP contribution in [0.25, 0.3) is 0 Å². The predicted molar refractivity (Wildman–Crippen MR) is 83.9 cm³/mol. The molecule has 22 heavy (non-hydrogen) atoms. The fourth-order valence-corrected chi connectivity index (χ4v) is 3.12. The minimum Gasteiger partial charge on any atom is -0.300 e. The summed E-state index contributed by atoms with van der Waals surface area (Å²) in [6, 6.07) is 3.33. The number of thioether (sulfide) groups is 1. The molecule has 1 heterocycles. The van der Waals surface area contributed by atoms with Crippen LogP contribution in [0.5, 0.6) is 0 Å². The van der Waals surface area contributed by atoms with Gasteiger partial charge in [0.1, 0.15) is 11.6 Å². The second-order valence-corrected chi connectivity index (χ2v) is 7.80. The maximum atomic E-state index is 13.5. The first-order chi connectivity index (χ1) is 10.3. The summed E-state index contributed by atoms with van der Waals surface area (Å²) in [6.45, 7) is 5.39. The Morgan fingerprint density at radius 2 is 2.05 bits per heavy atom. The van der Waals surface area contributed by atoms with Crippen molar-refractivity contribution < 1.29 is 13.6 Å². The first-order valence-corrected chi connectivity index (χ1v) is 8.27. The van der Waals surface area contributed by atoms with E-state index in [4.69, 9.17) is 0 Å². The number of benzene rings is 1. The van der Waals surface area contributed by atoms with Crippen LogP contribution in [0.15, 0.2) is 22.5 Å². The lowest BCUT2D eigenvalue weighted by Gasteiger charge is -2.15. The van der Waals surface area contributed by atoms with Gasteiger partial charge < -0.3 is 5.32 Å². The van der Waals surface area contributed by atoms with Crippen molar-refractivity contribution >= 4 is 34.1 Å². The second-order valence-electron chi connectivity index (χ2n) is 5.60. The average molecular weight is 343 g/mol. The van der Waals surface area contributed by atoms with Crippen LogP contribution in [0, 0.1) is 17.0 Å². The number of hydrogen-bond acceptors (Lipinski definition) is 5. The topological polar surface area (TPSA) is 54.9 Å². The highest BCUT2D eigenvalue weighted by molar-refractivity contribution is 8.00. The molecule has 0 unspecified atom stereocenters. The number of halogens is 2. The van der Waals surface area contributed by atoms with Crippen LogP contribution < -0.4 is 5.32 Å². The number of aromatic nitrogens is 2. The van der Waals surface area contributed by atoms with Crippen molar-refractivity contribution in [3.63, 3.8) is 0 Å². The monoisotopic (exact) mass is 343 g/mol. The molecular formula is C14H15F2N3OS2. The summed E-state index contributed by atoms with van der Waals surface area (Å²) >= 11 is 2.44. The highest BCUT2D eigenvalue weighted by Gasteiger charge is 2.22. The molecular weight excluding hydrogens is 328 g/mol. The molecule has 1 amide bonds. The molecule has 0 saturated carbocycles. The van der Waals surface area contributed by atoms with E-state index in [0.29, 0.717) is 9.47 Å². The number of hydrogen-bond donors (Lipinski definition) is 1. The Kier molecular flexibility index (Phi) is 5.12. The third-order valence-electron chi connectivity index (χ3n) is 2.67. The molecule has 0 fully saturated rings. The Balaban J connectivity index is 1.98. The van der Waals surface area contributed by atoms with Gasteiger partial charge in [0, 0.05) is 16.7 Å². The third-order valence-corrected chi connectivity index (χ3v) is 4.69. The fraction of sp³-hybridized carbons (Fsp3) is 0.357. The van der Waals surface area contributed by atoms with Crippen LogP contribution in [0.2, 0.25) is 0 Å². The van der Waals surface area contributed by atoms with Gasteiger partial charge in [-0.15, -0.1) is 10.2 Å². The number of nitrogens with zero attached hydrogens (tertiary/aromatic N) is 2. The molecule has 2 aromatic rings. The maximum Gasteiger partial charge on any atom is 0.231 e. The summed E-state index contributed by atoms with van der Waals surface area (Å²) in [5.74, 6) is -0.853. The minimum absolute atomic E-state index is 0.156. The number of carbonyl (C=O) groups is 1. The molecule has 118 valence electrons. The average Bonchev–Trinajstić information content (AvgIpc) is 2.86. The normalized spacial score (nSPS) is 11.5. The maximum absolute atomic E-state index is 13.5. The van der Waals surface area contributed by atoms with E-state index < -0.39 is 17.0 Å². The molecule has 4 nitrogen and oxygen atoms in total. The number of rotatable bonds is 4. The van der Waals surface area contributed by atoms with Crippen LogP contribution in [0.3, 0.4) is 0 Å². The zero-order chi connectivity index (χ0) is 16.3. The van der Waals surface area contributed by atoms with Gasteiger partial charge in [-0.2, -0.15) is 0 Å². The van der Waals surface area contributed by atoms with E-state index in [-0.39, 0.29) is 17.2 Å². The molecule has 0 saturated heterocycles. The largest absolute Gasteiger partial charge is 0.300 e. The zero-order valence-corrected chi connectivity index (χ0v) is 13.9. The van der Waals surface area contributed by atoms with Crippen LogP contribution in [-0.4, -0.2) is 16.1 Å². The molecule has 0 aliphatic carbocycles. The van der Waals surface area contributed by atoms with Gasteiger partial charge >= 0.3 is 0 Å². The van der Waals surface area contributed by atoms with Crippen LogP contribution >= 0.6 is 23.1 Å². The minimum atomic E-state index is -0.524. The van der Waals surface area contributed by atoms with E-state index in [1.54, 1.807) is 20.8 Å². The predicted octanol–water partition coefficient (Wildman–Crippen LogP) is 4.09. The fourth-order valence-electron chi connectivity index (χ4n) is 1.40. The first kappa shape index (κ1) is 16.8. The van der Waals surface area contributed by atoms with Crippen molar-refractivity contribution in [1.29, 1.82) is 0 Å². The molecule has 2 rings (SSSR count). The summed E-state index contributed by atoms with van der Waals surface area (Å²) < 4.78 is 27.2. The van der Waals surface area contributed by atoms with Gasteiger partial charge in [0.05, 0.1) is 0 Å². The summed E-state index contributed by atoms with van der Waals surface area (Å²) in [4.78, 5) is 11.8. The first-order valence-electron chi connectivity index (χ1n) is 6.47.